The van der Waals surface area contributed by atoms with Gasteiger partial charge in [-0.05, 0) is 40.7 Å². The van der Waals surface area contributed by atoms with E-state index in [2.05, 4.69) is 5.32 Å². The highest BCUT2D eigenvalue weighted by atomic mass is 28.4. The topological polar surface area (TPSA) is 69.6 Å². The lowest BCUT2D eigenvalue weighted by Gasteiger charge is -2.13. The molecule has 3 rings (SSSR count). The maximum atomic E-state index is 12.2. The van der Waals surface area contributed by atoms with Gasteiger partial charge >= 0.3 is 8.56 Å². The molecule has 4 nitrogen and oxygen atoms in total. The molecule has 3 aromatic rings. The summed E-state index contributed by atoms with van der Waals surface area (Å²) in [5.41, 5.74) is 3.44. The SMILES string of the molecule is O=C(Nc1cccc(/C=C/[Si](O)(O)c2ccccc2)c1)c1ccccc1. The zero-order valence-corrected chi connectivity index (χ0v) is 15.0. The summed E-state index contributed by atoms with van der Waals surface area (Å²) in [6, 6.07) is 25.0. The van der Waals surface area contributed by atoms with Crippen molar-refractivity contribution in [2.75, 3.05) is 5.32 Å². The highest BCUT2D eigenvalue weighted by Crippen LogP contribution is 2.14. The maximum Gasteiger partial charge on any atom is 0.394 e. The van der Waals surface area contributed by atoms with Crippen molar-refractivity contribution in [3.05, 3.63) is 102 Å². The molecule has 0 atom stereocenters. The van der Waals surface area contributed by atoms with Gasteiger partial charge in [0.25, 0.3) is 5.91 Å². The van der Waals surface area contributed by atoms with Gasteiger partial charge in [-0.1, -0.05) is 66.7 Å². The van der Waals surface area contributed by atoms with Gasteiger partial charge in [-0.3, -0.25) is 4.79 Å². The fourth-order valence-corrected chi connectivity index (χ4v) is 3.81. The molecule has 130 valence electrons. The standard InChI is InChI=1S/C21H19NO3Si/c23-21(18-9-3-1-4-10-18)22-19-11-7-8-17(16-19)14-15-26(24,25)20-12-5-2-6-13-20/h1-16,24-25H,(H,22,23)/b15-14+. The maximum absolute atomic E-state index is 12.2. The van der Waals surface area contributed by atoms with E-state index >= 15 is 0 Å². The second-order valence-corrected chi connectivity index (χ2v) is 8.23. The van der Waals surface area contributed by atoms with Crippen LogP contribution in [0.2, 0.25) is 0 Å². The normalized spacial score (nSPS) is 11.5. The van der Waals surface area contributed by atoms with Crippen LogP contribution in [0.3, 0.4) is 0 Å². The first-order valence-electron chi connectivity index (χ1n) is 8.20. The molecule has 0 radical (unpaired) electrons. The van der Waals surface area contributed by atoms with Gasteiger partial charge in [0.05, 0.1) is 0 Å². The van der Waals surface area contributed by atoms with Crippen LogP contribution in [0.5, 0.6) is 0 Å². The Bertz CT molecular complexity index is 909. The molecule has 3 N–H and O–H groups in total. The van der Waals surface area contributed by atoms with Crippen molar-refractivity contribution in [1.29, 1.82) is 0 Å². The van der Waals surface area contributed by atoms with Crippen LogP contribution >= 0.6 is 0 Å². The second-order valence-electron chi connectivity index (χ2n) is 5.87. The lowest BCUT2D eigenvalue weighted by atomic mass is 10.2. The predicted molar refractivity (Wildman–Crippen MR) is 106 cm³/mol. The quantitative estimate of drug-likeness (QED) is 0.612. The zero-order chi connectivity index (χ0) is 18.4. The molecule has 0 saturated heterocycles. The Morgan fingerprint density at radius 3 is 2.19 bits per heavy atom. The zero-order valence-electron chi connectivity index (χ0n) is 14.0. The number of hydrogen-bond acceptors (Lipinski definition) is 3. The Kier molecular flexibility index (Phi) is 5.43. The van der Waals surface area contributed by atoms with Crippen LogP contribution in [0.25, 0.3) is 6.08 Å². The predicted octanol–water partition coefficient (Wildman–Crippen LogP) is 2.83. The Hall–Kier alpha value is -2.99. The second kappa shape index (κ2) is 7.92. The van der Waals surface area contributed by atoms with E-state index in [9.17, 15) is 14.4 Å². The summed E-state index contributed by atoms with van der Waals surface area (Å²) in [5, 5.41) is 3.36. The van der Waals surface area contributed by atoms with E-state index in [4.69, 9.17) is 0 Å². The van der Waals surface area contributed by atoms with Crippen molar-refractivity contribution >= 4 is 31.4 Å². The minimum atomic E-state index is -3.63. The van der Waals surface area contributed by atoms with Crippen molar-refractivity contribution < 1.29 is 14.4 Å². The summed E-state index contributed by atoms with van der Waals surface area (Å²) in [6.07, 6.45) is 1.66. The third-order valence-electron chi connectivity index (χ3n) is 3.89. The van der Waals surface area contributed by atoms with E-state index < -0.39 is 8.56 Å². The molecule has 0 aliphatic heterocycles. The molecule has 0 aromatic heterocycles. The highest BCUT2D eigenvalue weighted by molar-refractivity contribution is 6.83. The van der Waals surface area contributed by atoms with Gasteiger partial charge in [0.15, 0.2) is 0 Å². The summed E-state index contributed by atoms with van der Waals surface area (Å²) in [7, 11) is -3.63. The van der Waals surface area contributed by atoms with E-state index in [-0.39, 0.29) is 5.91 Å². The molecule has 0 spiro atoms. The molecule has 0 aliphatic carbocycles. The van der Waals surface area contributed by atoms with Gasteiger partial charge in [0.2, 0.25) is 0 Å². The minimum Gasteiger partial charge on any atom is -0.404 e. The number of amides is 1. The molecule has 0 unspecified atom stereocenters. The number of carbonyl (C=O) groups is 1. The minimum absolute atomic E-state index is 0.191. The smallest absolute Gasteiger partial charge is 0.394 e. The van der Waals surface area contributed by atoms with Crippen LogP contribution in [0, 0.1) is 0 Å². The van der Waals surface area contributed by atoms with Crippen LogP contribution < -0.4 is 10.5 Å². The monoisotopic (exact) mass is 361 g/mol. The molecule has 1 amide bonds. The summed E-state index contributed by atoms with van der Waals surface area (Å²) >= 11 is 0. The average molecular weight is 361 g/mol. The lowest BCUT2D eigenvalue weighted by molar-refractivity contribution is 0.102. The van der Waals surface area contributed by atoms with Gasteiger partial charge in [-0.2, -0.15) is 0 Å². The molecule has 0 fully saturated rings. The molecule has 0 bridgehead atoms. The first-order valence-corrected chi connectivity index (χ1v) is 10.2. The van der Waals surface area contributed by atoms with Crippen LogP contribution in [0.1, 0.15) is 15.9 Å². The van der Waals surface area contributed by atoms with Crippen LogP contribution in [0.15, 0.2) is 90.6 Å². The van der Waals surface area contributed by atoms with E-state index in [0.29, 0.717) is 16.4 Å². The Morgan fingerprint density at radius 2 is 1.50 bits per heavy atom. The summed E-state index contributed by atoms with van der Waals surface area (Å²) in [4.78, 5) is 32.9. The Labute approximate surface area is 153 Å². The first kappa shape index (κ1) is 17.8. The lowest BCUT2D eigenvalue weighted by Crippen LogP contribution is -2.46. The van der Waals surface area contributed by atoms with Crippen molar-refractivity contribution in [2.45, 2.75) is 0 Å². The van der Waals surface area contributed by atoms with Gasteiger partial charge in [-0.25, -0.2) is 0 Å². The number of carbonyl (C=O) groups excluding carboxylic acids is 1. The van der Waals surface area contributed by atoms with Crippen molar-refractivity contribution in [1.82, 2.24) is 0 Å². The first-order chi connectivity index (χ1) is 12.5. The molecule has 26 heavy (non-hydrogen) atoms. The van der Waals surface area contributed by atoms with Crippen molar-refractivity contribution in [3.63, 3.8) is 0 Å². The average Bonchev–Trinajstić information content (AvgIpc) is 2.68. The van der Waals surface area contributed by atoms with E-state index in [1.807, 2.05) is 30.3 Å². The number of hydrogen-bond donors (Lipinski definition) is 3. The molecule has 5 heteroatoms. The number of nitrogens with one attached hydrogen (secondary N) is 1. The molecule has 3 aromatic carbocycles. The summed E-state index contributed by atoms with van der Waals surface area (Å²) < 4.78 is 0. The fourth-order valence-electron chi connectivity index (χ4n) is 2.50. The van der Waals surface area contributed by atoms with E-state index in [1.54, 1.807) is 60.7 Å². The van der Waals surface area contributed by atoms with Crippen LogP contribution in [-0.2, 0) is 0 Å². The van der Waals surface area contributed by atoms with Crippen LogP contribution in [0.4, 0.5) is 5.69 Å². The fraction of sp³-hybridized carbons (Fsp3) is 0. The highest BCUT2D eigenvalue weighted by Gasteiger charge is 2.28. The molecule has 0 saturated carbocycles. The third-order valence-corrected chi connectivity index (χ3v) is 5.70. The molecule has 0 heterocycles. The summed E-state index contributed by atoms with van der Waals surface area (Å²) in [6.45, 7) is 0. The van der Waals surface area contributed by atoms with Crippen molar-refractivity contribution in [2.24, 2.45) is 0 Å². The van der Waals surface area contributed by atoms with Gasteiger partial charge in [-0.15, -0.1) is 0 Å². The molecule has 0 aliphatic rings. The number of rotatable bonds is 5. The van der Waals surface area contributed by atoms with Crippen LogP contribution in [-0.4, -0.2) is 24.1 Å². The van der Waals surface area contributed by atoms with Gasteiger partial charge in [0, 0.05) is 11.3 Å². The third kappa shape index (κ3) is 4.55. The van der Waals surface area contributed by atoms with Gasteiger partial charge in [0.1, 0.15) is 0 Å². The number of anilines is 1. The van der Waals surface area contributed by atoms with Crippen molar-refractivity contribution in [3.8, 4) is 0 Å². The molecular weight excluding hydrogens is 342 g/mol. The summed E-state index contributed by atoms with van der Waals surface area (Å²) in [5.74, 6) is -0.191. The van der Waals surface area contributed by atoms with E-state index in [1.165, 1.54) is 5.70 Å². The largest absolute Gasteiger partial charge is 0.404 e. The van der Waals surface area contributed by atoms with Gasteiger partial charge < -0.3 is 14.9 Å². The Morgan fingerprint density at radius 1 is 0.846 bits per heavy atom. The number of benzene rings is 3. The molecular formula is C21H19NO3Si. The van der Waals surface area contributed by atoms with E-state index in [0.717, 1.165) is 5.56 Å². The Balaban J connectivity index is 1.74.